The van der Waals surface area contributed by atoms with Crippen molar-refractivity contribution < 1.29 is 18.0 Å². The summed E-state index contributed by atoms with van der Waals surface area (Å²) in [5, 5.41) is 8.77. The van der Waals surface area contributed by atoms with Crippen LogP contribution in [0.3, 0.4) is 0 Å². The molecule has 0 unspecified atom stereocenters. The van der Waals surface area contributed by atoms with Crippen LogP contribution in [0.4, 0.5) is 0 Å². The molecule has 1 aliphatic carbocycles. The van der Waals surface area contributed by atoms with E-state index in [2.05, 4.69) is 10.9 Å². The molecule has 2 amide bonds. The quantitative estimate of drug-likeness (QED) is 0.556. The Balaban J connectivity index is 1.52. The van der Waals surface area contributed by atoms with Crippen LogP contribution in [0.5, 0.6) is 0 Å². The van der Waals surface area contributed by atoms with Crippen LogP contribution >= 0.6 is 11.3 Å². The van der Waals surface area contributed by atoms with E-state index in [1.54, 1.807) is 0 Å². The second-order valence-electron chi connectivity index (χ2n) is 6.96. The number of nitrogens with one attached hydrogen (secondary N) is 2. The molecule has 152 valence electrons. The third-order valence-electron chi connectivity index (χ3n) is 4.61. The van der Waals surface area contributed by atoms with E-state index in [1.165, 1.54) is 52.5 Å². The number of fused-ring (bicyclic) bond motifs is 1. The van der Waals surface area contributed by atoms with Crippen LogP contribution in [0.15, 0.2) is 30.3 Å². The van der Waals surface area contributed by atoms with Crippen molar-refractivity contribution in [3.05, 3.63) is 56.8 Å². The van der Waals surface area contributed by atoms with E-state index in [4.69, 9.17) is 5.26 Å². The molecule has 2 N–H and O–H groups in total. The first-order chi connectivity index (χ1) is 13.9. The van der Waals surface area contributed by atoms with Gasteiger partial charge in [-0.3, -0.25) is 20.4 Å². The number of nitrogens with zero attached hydrogens (tertiary/aromatic N) is 1. The van der Waals surface area contributed by atoms with Gasteiger partial charge in [-0.15, -0.1) is 11.3 Å². The Kier molecular flexibility index (Phi) is 6.67. The number of thiophene rings is 1. The lowest BCUT2D eigenvalue weighted by Crippen LogP contribution is -2.44. The zero-order valence-corrected chi connectivity index (χ0v) is 17.4. The van der Waals surface area contributed by atoms with E-state index in [1.807, 2.05) is 12.1 Å². The molecule has 0 saturated heterocycles. The number of carbonyl (C=O) groups is 2. The average Bonchev–Trinajstić information content (AvgIpc) is 2.96. The van der Waals surface area contributed by atoms with Crippen molar-refractivity contribution in [3.63, 3.8) is 0 Å². The molecular weight excluding hydrogens is 410 g/mol. The van der Waals surface area contributed by atoms with Gasteiger partial charge in [0.2, 0.25) is 0 Å². The minimum atomic E-state index is -3.72. The molecule has 0 radical (unpaired) electrons. The minimum Gasteiger partial charge on any atom is -0.272 e. The lowest BCUT2D eigenvalue weighted by atomic mass is 10.1. The van der Waals surface area contributed by atoms with Crippen LogP contribution in [0.25, 0.3) is 0 Å². The van der Waals surface area contributed by atoms with Crippen molar-refractivity contribution in [2.75, 3.05) is 5.75 Å². The van der Waals surface area contributed by atoms with Crippen LogP contribution in [0, 0.1) is 11.3 Å². The molecule has 29 heavy (non-hydrogen) atoms. The number of nitriles is 1. The maximum atomic E-state index is 12.3. The summed E-state index contributed by atoms with van der Waals surface area (Å²) in [7, 11) is -3.72. The third kappa shape index (κ3) is 5.89. The SMILES string of the molecule is N#Cc1ccc(CS(=O)(=O)CC(=O)NNC(=O)c2cc3c(s2)CCCCC3)cc1. The van der Waals surface area contributed by atoms with Crippen molar-refractivity contribution in [2.24, 2.45) is 0 Å². The fourth-order valence-corrected chi connectivity index (χ4v) is 5.61. The van der Waals surface area contributed by atoms with Gasteiger partial charge in [0.1, 0.15) is 5.75 Å². The predicted octanol–water partition coefficient (Wildman–Crippen LogP) is 2.26. The molecule has 0 fully saturated rings. The lowest BCUT2D eigenvalue weighted by molar-refractivity contribution is -0.119. The van der Waals surface area contributed by atoms with Gasteiger partial charge in [-0.1, -0.05) is 18.6 Å². The standard InChI is InChI=1S/C20H21N3O4S2/c21-11-14-6-8-15(9-7-14)12-29(26,27)13-19(24)22-23-20(25)18-10-16-4-2-1-3-5-17(16)28-18/h6-10H,1-5,12-13H2,(H,22,24)(H,23,25). The highest BCUT2D eigenvalue weighted by molar-refractivity contribution is 7.91. The number of hydrazine groups is 1. The van der Waals surface area contributed by atoms with Crippen molar-refractivity contribution >= 4 is 33.0 Å². The Morgan fingerprint density at radius 1 is 1.07 bits per heavy atom. The first-order valence-electron chi connectivity index (χ1n) is 9.26. The summed E-state index contributed by atoms with van der Waals surface area (Å²) in [5.74, 6) is -2.31. The molecule has 0 bridgehead atoms. The average molecular weight is 432 g/mol. The van der Waals surface area contributed by atoms with Gasteiger partial charge in [-0.25, -0.2) is 8.42 Å². The van der Waals surface area contributed by atoms with Crippen molar-refractivity contribution in [1.29, 1.82) is 5.26 Å². The minimum absolute atomic E-state index is 0.322. The summed E-state index contributed by atoms with van der Waals surface area (Å²) >= 11 is 1.42. The molecule has 1 heterocycles. The molecule has 3 rings (SSSR count). The summed E-state index contributed by atoms with van der Waals surface area (Å²) in [6, 6.07) is 9.93. The smallest absolute Gasteiger partial charge is 0.272 e. The van der Waals surface area contributed by atoms with E-state index < -0.39 is 27.4 Å². The van der Waals surface area contributed by atoms with Crippen molar-refractivity contribution in [1.82, 2.24) is 10.9 Å². The molecule has 1 aromatic carbocycles. The number of rotatable bonds is 5. The molecule has 1 aliphatic rings. The molecule has 1 aromatic heterocycles. The molecule has 0 aliphatic heterocycles. The third-order valence-corrected chi connectivity index (χ3v) is 7.32. The summed E-state index contributed by atoms with van der Waals surface area (Å²) in [5.41, 5.74) is 6.58. The molecule has 0 saturated carbocycles. The van der Waals surface area contributed by atoms with Crippen LogP contribution in [-0.2, 0) is 33.2 Å². The van der Waals surface area contributed by atoms with Gasteiger partial charge in [0.15, 0.2) is 9.84 Å². The number of amides is 2. The summed E-state index contributed by atoms with van der Waals surface area (Å²) < 4.78 is 24.4. The largest absolute Gasteiger partial charge is 0.279 e. The van der Waals surface area contributed by atoms with Crippen LogP contribution in [0.2, 0.25) is 0 Å². The Morgan fingerprint density at radius 2 is 1.79 bits per heavy atom. The highest BCUT2D eigenvalue weighted by Crippen LogP contribution is 2.28. The van der Waals surface area contributed by atoms with E-state index in [-0.39, 0.29) is 5.75 Å². The monoisotopic (exact) mass is 431 g/mol. The maximum absolute atomic E-state index is 12.3. The first-order valence-corrected chi connectivity index (χ1v) is 11.9. The number of benzene rings is 1. The van der Waals surface area contributed by atoms with Crippen molar-refractivity contribution in [2.45, 2.75) is 37.9 Å². The lowest BCUT2D eigenvalue weighted by Gasteiger charge is -2.07. The van der Waals surface area contributed by atoms with Crippen molar-refractivity contribution in [3.8, 4) is 6.07 Å². The zero-order chi connectivity index (χ0) is 20.9. The highest BCUT2D eigenvalue weighted by atomic mass is 32.2. The Morgan fingerprint density at radius 3 is 2.52 bits per heavy atom. The Hall–Kier alpha value is -2.70. The Bertz CT molecular complexity index is 1030. The molecule has 9 heteroatoms. The summed E-state index contributed by atoms with van der Waals surface area (Å²) in [4.78, 5) is 26.0. The Labute approximate surface area is 173 Å². The predicted molar refractivity (Wildman–Crippen MR) is 110 cm³/mol. The normalized spacial score (nSPS) is 13.6. The second kappa shape index (κ2) is 9.20. The van der Waals surface area contributed by atoms with Gasteiger partial charge in [0.05, 0.1) is 22.3 Å². The number of hydrogen-bond donors (Lipinski definition) is 2. The van der Waals surface area contributed by atoms with Gasteiger partial charge in [0.25, 0.3) is 11.8 Å². The molecule has 2 aromatic rings. The van der Waals surface area contributed by atoms with E-state index in [0.29, 0.717) is 16.0 Å². The van der Waals surface area contributed by atoms with Gasteiger partial charge in [0, 0.05) is 4.88 Å². The van der Waals surface area contributed by atoms with Gasteiger partial charge in [-0.2, -0.15) is 5.26 Å². The van der Waals surface area contributed by atoms with Crippen LogP contribution in [-0.4, -0.2) is 26.0 Å². The topological polar surface area (TPSA) is 116 Å². The van der Waals surface area contributed by atoms with Gasteiger partial charge >= 0.3 is 0 Å². The number of aryl methyl sites for hydroxylation is 2. The van der Waals surface area contributed by atoms with E-state index in [9.17, 15) is 18.0 Å². The molecule has 0 atom stereocenters. The molecular formula is C20H21N3O4S2. The fourth-order valence-electron chi connectivity index (χ4n) is 3.18. The molecule has 0 spiro atoms. The number of carbonyl (C=O) groups excluding carboxylic acids is 2. The second-order valence-corrected chi connectivity index (χ2v) is 10.2. The first kappa shape index (κ1) is 21.0. The van der Waals surface area contributed by atoms with Crippen LogP contribution in [0.1, 0.15) is 50.5 Å². The van der Waals surface area contributed by atoms with Gasteiger partial charge in [-0.05, 0) is 55.0 Å². The van der Waals surface area contributed by atoms with E-state index >= 15 is 0 Å². The summed E-state index contributed by atoms with van der Waals surface area (Å²) in [6.45, 7) is 0. The van der Waals surface area contributed by atoms with E-state index in [0.717, 1.165) is 25.7 Å². The molecule has 7 nitrogen and oxygen atoms in total. The number of hydrogen-bond acceptors (Lipinski definition) is 6. The fraction of sp³-hybridized carbons (Fsp3) is 0.350. The van der Waals surface area contributed by atoms with Gasteiger partial charge < -0.3 is 0 Å². The maximum Gasteiger partial charge on any atom is 0.279 e. The van der Waals surface area contributed by atoms with Crippen LogP contribution < -0.4 is 10.9 Å². The highest BCUT2D eigenvalue weighted by Gasteiger charge is 2.20. The number of sulfone groups is 1. The summed E-state index contributed by atoms with van der Waals surface area (Å²) in [6.07, 6.45) is 5.34. The zero-order valence-electron chi connectivity index (χ0n) is 15.7.